The van der Waals surface area contributed by atoms with Crippen molar-refractivity contribution >= 4 is 41.1 Å². The Morgan fingerprint density at radius 1 is 1.08 bits per heavy atom. The Labute approximate surface area is 150 Å². The van der Waals surface area contributed by atoms with E-state index < -0.39 is 29.7 Å². The van der Waals surface area contributed by atoms with Crippen molar-refractivity contribution in [2.45, 2.75) is 26.1 Å². The van der Waals surface area contributed by atoms with E-state index in [0.717, 1.165) is 24.3 Å². The largest absolute Gasteiger partial charge is 0.459 e. The fourth-order valence-electron chi connectivity index (χ4n) is 1.80. The lowest BCUT2D eigenvalue weighted by Gasteiger charge is -2.13. The first-order chi connectivity index (χ1) is 11.7. The number of carbonyl (C=O) groups is 2. The molecular formula is C16H14F3NO3S2. The van der Waals surface area contributed by atoms with Crippen LogP contribution in [0.1, 0.15) is 19.4 Å². The first-order valence-electron chi connectivity index (χ1n) is 7.10. The van der Waals surface area contributed by atoms with Crippen LogP contribution in [0.4, 0.5) is 18.9 Å². The number of ether oxygens (including phenoxy) is 1. The van der Waals surface area contributed by atoms with Crippen LogP contribution in [0.15, 0.2) is 44.9 Å². The minimum atomic E-state index is -4.46. The lowest BCUT2D eigenvalue weighted by atomic mass is 10.2. The van der Waals surface area contributed by atoms with E-state index in [-0.39, 0.29) is 11.3 Å². The molecule has 1 amide bonds. The second kappa shape index (κ2) is 8.01. The van der Waals surface area contributed by atoms with Crippen LogP contribution in [0.5, 0.6) is 0 Å². The molecule has 2 rings (SSSR count). The number of halogens is 3. The molecule has 0 unspecified atom stereocenters. The number of anilines is 1. The molecule has 1 heterocycles. The van der Waals surface area contributed by atoms with Crippen LogP contribution in [0.2, 0.25) is 0 Å². The number of hydrogen-bond donors (Lipinski definition) is 1. The molecule has 0 bridgehead atoms. The predicted molar refractivity (Wildman–Crippen MR) is 92.6 cm³/mol. The summed E-state index contributed by atoms with van der Waals surface area (Å²) in [6.45, 7) is 3.31. The standard InChI is InChI=1S/C16H14F3NO3S2/c1-9(2)23-14(22)12(15-24-7-8-25-15)13(21)20-11-5-3-10(4-6-11)16(17,18)19/h3-9H,1-2H3,(H,20,21). The highest BCUT2D eigenvalue weighted by Crippen LogP contribution is 2.40. The molecular weight excluding hydrogens is 375 g/mol. The Morgan fingerprint density at radius 2 is 1.64 bits per heavy atom. The van der Waals surface area contributed by atoms with Crippen molar-refractivity contribution in [3.05, 3.63) is 50.5 Å². The molecule has 0 fully saturated rings. The maximum Gasteiger partial charge on any atom is 0.416 e. The Hall–Kier alpha value is -1.87. The number of rotatable bonds is 4. The van der Waals surface area contributed by atoms with E-state index in [2.05, 4.69) is 5.32 Å². The van der Waals surface area contributed by atoms with Gasteiger partial charge in [0.25, 0.3) is 5.91 Å². The van der Waals surface area contributed by atoms with Crippen molar-refractivity contribution < 1.29 is 27.5 Å². The van der Waals surface area contributed by atoms with E-state index in [9.17, 15) is 22.8 Å². The summed E-state index contributed by atoms with van der Waals surface area (Å²) in [5, 5.41) is 5.86. The third kappa shape index (κ3) is 5.30. The highest BCUT2D eigenvalue weighted by molar-refractivity contribution is 8.27. The summed E-state index contributed by atoms with van der Waals surface area (Å²) in [5.74, 6) is -1.51. The first kappa shape index (κ1) is 19.5. The quantitative estimate of drug-likeness (QED) is 0.348. The van der Waals surface area contributed by atoms with Crippen LogP contribution in [0, 0.1) is 0 Å². The van der Waals surface area contributed by atoms with E-state index in [1.165, 1.54) is 23.5 Å². The lowest BCUT2D eigenvalue weighted by Crippen LogP contribution is -2.25. The summed E-state index contributed by atoms with van der Waals surface area (Å²) in [5.41, 5.74) is -0.850. The number of carbonyl (C=O) groups excluding carboxylic acids is 2. The second-order valence-corrected chi connectivity index (χ2v) is 7.24. The SMILES string of the molecule is CC(C)OC(=O)C(C(=O)Nc1ccc(C(F)(F)F)cc1)=C1SC=CS1. The van der Waals surface area contributed by atoms with Crippen LogP contribution < -0.4 is 5.32 Å². The summed E-state index contributed by atoms with van der Waals surface area (Å²) in [6.07, 6.45) is -4.87. The number of alkyl halides is 3. The minimum Gasteiger partial charge on any atom is -0.459 e. The van der Waals surface area contributed by atoms with Gasteiger partial charge in [0, 0.05) is 5.69 Å². The molecule has 9 heteroatoms. The number of benzene rings is 1. The van der Waals surface area contributed by atoms with Gasteiger partial charge < -0.3 is 10.1 Å². The number of amides is 1. The van der Waals surface area contributed by atoms with Gasteiger partial charge >= 0.3 is 12.1 Å². The summed E-state index contributed by atoms with van der Waals surface area (Å²) < 4.78 is 43.3. The molecule has 1 aliphatic heterocycles. The van der Waals surface area contributed by atoms with Gasteiger partial charge in [-0.15, -0.1) is 0 Å². The van der Waals surface area contributed by atoms with Crippen LogP contribution in [-0.4, -0.2) is 18.0 Å². The molecule has 134 valence electrons. The zero-order chi connectivity index (χ0) is 18.6. The fourth-order valence-corrected chi connectivity index (χ4v) is 3.64. The van der Waals surface area contributed by atoms with Gasteiger partial charge in [-0.25, -0.2) is 4.79 Å². The van der Waals surface area contributed by atoms with Gasteiger partial charge in [0.1, 0.15) is 5.57 Å². The van der Waals surface area contributed by atoms with Gasteiger partial charge in [-0.05, 0) is 48.9 Å². The molecule has 0 radical (unpaired) electrons. The number of thioether (sulfide) groups is 2. The Bertz CT molecular complexity index is 715. The molecule has 0 aliphatic carbocycles. The van der Waals surface area contributed by atoms with E-state index >= 15 is 0 Å². The van der Waals surface area contributed by atoms with E-state index in [0.29, 0.717) is 4.24 Å². The summed E-state index contributed by atoms with van der Waals surface area (Å²) in [6, 6.07) is 3.97. The zero-order valence-electron chi connectivity index (χ0n) is 13.2. The average molecular weight is 389 g/mol. The maximum atomic E-state index is 12.6. The van der Waals surface area contributed by atoms with Crippen molar-refractivity contribution in [1.29, 1.82) is 0 Å². The predicted octanol–water partition coefficient (Wildman–Crippen LogP) is 4.76. The van der Waals surface area contributed by atoms with Crippen molar-refractivity contribution in [1.82, 2.24) is 0 Å². The lowest BCUT2D eigenvalue weighted by molar-refractivity contribution is -0.143. The Morgan fingerprint density at radius 3 is 2.12 bits per heavy atom. The maximum absolute atomic E-state index is 12.6. The number of esters is 1. The van der Waals surface area contributed by atoms with E-state index in [4.69, 9.17) is 4.74 Å². The minimum absolute atomic E-state index is 0.148. The monoisotopic (exact) mass is 389 g/mol. The zero-order valence-corrected chi connectivity index (χ0v) is 14.8. The van der Waals surface area contributed by atoms with Crippen LogP contribution in [-0.2, 0) is 20.5 Å². The Balaban J connectivity index is 2.20. The van der Waals surface area contributed by atoms with Crippen molar-refractivity contribution in [3.8, 4) is 0 Å². The van der Waals surface area contributed by atoms with Gasteiger partial charge in [0.05, 0.1) is 15.9 Å². The fraction of sp³-hybridized carbons (Fsp3) is 0.250. The van der Waals surface area contributed by atoms with Gasteiger partial charge in [-0.3, -0.25) is 4.79 Å². The van der Waals surface area contributed by atoms with E-state index in [1.54, 1.807) is 24.7 Å². The smallest absolute Gasteiger partial charge is 0.416 e. The third-order valence-corrected chi connectivity index (χ3v) is 4.98. The molecule has 0 spiro atoms. The van der Waals surface area contributed by atoms with Crippen LogP contribution in [0.25, 0.3) is 0 Å². The first-order valence-corrected chi connectivity index (χ1v) is 8.86. The third-order valence-electron chi connectivity index (χ3n) is 2.85. The second-order valence-electron chi connectivity index (χ2n) is 5.15. The molecule has 1 aliphatic rings. The summed E-state index contributed by atoms with van der Waals surface area (Å²) >= 11 is 2.40. The number of nitrogens with one attached hydrogen (secondary N) is 1. The molecule has 0 saturated heterocycles. The van der Waals surface area contributed by atoms with E-state index in [1.807, 2.05) is 0 Å². The molecule has 0 saturated carbocycles. The molecule has 0 atom stereocenters. The van der Waals surface area contributed by atoms with Crippen LogP contribution in [0.3, 0.4) is 0 Å². The van der Waals surface area contributed by atoms with Gasteiger partial charge in [0.2, 0.25) is 0 Å². The molecule has 1 aromatic rings. The topological polar surface area (TPSA) is 55.4 Å². The molecule has 4 nitrogen and oxygen atoms in total. The van der Waals surface area contributed by atoms with Gasteiger partial charge in [0.15, 0.2) is 0 Å². The Kier molecular flexibility index (Phi) is 6.23. The highest BCUT2D eigenvalue weighted by atomic mass is 32.2. The van der Waals surface area contributed by atoms with Crippen LogP contribution >= 0.6 is 23.5 Å². The van der Waals surface area contributed by atoms with Gasteiger partial charge in [-0.1, -0.05) is 23.5 Å². The van der Waals surface area contributed by atoms with Crippen molar-refractivity contribution in [2.24, 2.45) is 0 Å². The summed E-state index contributed by atoms with van der Waals surface area (Å²) in [7, 11) is 0. The average Bonchev–Trinajstić information content (AvgIpc) is 3.00. The van der Waals surface area contributed by atoms with Crippen molar-refractivity contribution in [2.75, 3.05) is 5.32 Å². The normalized spacial score (nSPS) is 13.9. The van der Waals surface area contributed by atoms with Gasteiger partial charge in [-0.2, -0.15) is 13.2 Å². The molecule has 1 N–H and O–H groups in total. The molecule has 1 aromatic carbocycles. The number of hydrogen-bond acceptors (Lipinski definition) is 5. The molecule has 25 heavy (non-hydrogen) atoms. The highest BCUT2D eigenvalue weighted by Gasteiger charge is 2.30. The van der Waals surface area contributed by atoms with Crippen molar-refractivity contribution in [3.63, 3.8) is 0 Å². The summed E-state index contributed by atoms with van der Waals surface area (Å²) in [4.78, 5) is 24.7. The molecule has 0 aromatic heterocycles.